The largest absolute Gasteiger partial charge is 0.772 e. The molecule has 0 heterocycles. The molecule has 56 valence electrons. The summed E-state index contributed by atoms with van der Waals surface area (Å²) in [5, 5.41) is 0. The fourth-order valence-electron chi connectivity index (χ4n) is 0. The highest BCUT2D eigenvalue weighted by atomic mass is 31.1. The zero-order valence-corrected chi connectivity index (χ0v) is 7.31. The van der Waals surface area contributed by atoms with Gasteiger partial charge in [-0.05, 0) is 6.92 Å². The van der Waals surface area contributed by atoms with Gasteiger partial charge < -0.3 is 9.38 Å². The zero-order valence-electron chi connectivity index (χ0n) is 6.42. The lowest BCUT2D eigenvalue weighted by Gasteiger charge is -2.20. The SMILES string of the molecule is CC[N+](C)(C)C.O=P[O-]. The highest BCUT2D eigenvalue weighted by Gasteiger charge is 1.97. The third-order valence-corrected chi connectivity index (χ3v) is 0.949. The smallest absolute Gasteiger partial charge is 0.0751 e. The lowest BCUT2D eigenvalue weighted by Crippen LogP contribution is -2.33. The summed E-state index contributed by atoms with van der Waals surface area (Å²) < 4.78 is 9.42. The van der Waals surface area contributed by atoms with Crippen LogP contribution in [0.4, 0.5) is 0 Å². The Labute approximate surface area is 58.2 Å². The highest BCUT2D eigenvalue weighted by Crippen LogP contribution is 1.83. The van der Waals surface area contributed by atoms with Crippen molar-refractivity contribution in [2.75, 3.05) is 27.7 Å². The molecule has 0 fully saturated rings. The molecular weight excluding hydrogens is 137 g/mol. The Bertz CT molecular complexity index is 69.8. The van der Waals surface area contributed by atoms with Gasteiger partial charge in [-0.1, -0.05) is 0 Å². The summed E-state index contributed by atoms with van der Waals surface area (Å²) in [6.07, 6.45) is 0. The van der Waals surface area contributed by atoms with Gasteiger partial charge in [0.15, 0.2) is 0 Å². The van der Waals surface area contributed by atoms with E-state index in [4.69, 9.17) is 9.46 Å². The number of rotatable bonds is 1. The van der Waals surface area contributed by atoms with E-state index >= 15 is 0 Å². The van der Waals surface area contributed by atoms with E-state index in [2.05, 4.69) is 28.1 Å². The molecule has 0 amide bonds. The molecule has 9 heavy (non-hydrogen) atoms. The molecule has 0 aliphatic carbocycles. The van der Waals surface area contributed by atoms with Gasteiger partial charge in [0.2, 0.25) is 0 Å². The Balaban J connectivity index is 0. The topological polar surface area (TPSA) is 40.1 Å². The molecule has 0 bridgehead atoms. The summed E-state index contributed by atoms with van der Waals surface area (Å²) in [6.45, 7) is 3.39. The van der Waals surface area contributed by atoms with Crippen molar-refractivity contribution in [3.63, 3.8) is 0 Å². The van der Waals surface area contributed by atoms with Crippen LogP contribution in [0.25, 0.3) is 0 Å². The summed E-state index contributed by atoms with van der Waals surface area (Å²) in [7, 11) is 5.46. The van der Waals surface area contributed by atoms with Gasteiger partial charge in [0.25, 0.3) is 0 Å². The molecule has 0 radical (unpaired) electrons. The van der Waals surface area contributed by atoms with Gasteiger partial charge >= 0.3 is 0 Å². The van der Waals surface area contributed by atoms with Crippen LogP contribution in [0.3, 0.4) is 0 Å². The van der Waals surface area contributed by atoms with E-state index in [9.17, 15) is 0 Å². The summed E-state index contributed by atoms with van der Waals surface area (Å²) in [5.41, 5.74) is 0. The molecule has 0 aromatic rings. The normalized spacial score (nSPS) is 10.3. The number of hydrogen-bond donors (Lipinski definition) is 0. The van der Waals surface area contributed by atoms with Crippen LogP contribution in [0.1, 0.15) is 6.92 Å². The molecule has 0 rings (SSSR count). The van der Waals surface area contributed by atoms with Crippen molar-refractivity contribution in [2.24, 2.45) is 0 Å². The van der Waals surface area contributed by atoms with Crippen molar-refractivity contribution in [2.45, 2.75) is 6.92 Å². The minimum atomic E-state index is -1.08. The first-order valence-corrected chi connectivity index (χ1v) is 3.46. The van der Waals surface area contributed by atoms with Crippen molar-refractivity contribution in [1.29, 1.82) is 0 Å². The van der Waals surface area contributed by atoms with Crippen LogP contribution in [-0.4, -0.2) is 32.2 Å². The van der Waals surface area contributed by atoms with E-state index in [1.54, 1.807) is 0 Å². The van der Waals surface area contributed by atoms with Crippen LogP contribution >= 0.6 is 8.69 Å². The van der Waals surface area contributed by atoms with E-state index in [0.717, 1.165) is 4.48 Å². The Kier molecular flexibility index (Phi) is 8.04. The summed E-state index contributed by atoms with van der Waals surface area (Å²) in [4.78, 5) is 8.35. The van der Waals surface area contributed by atoms with E-state index in [1.165, 1.54) is 6.54 Å². The number of hydrogen-bond acceptors (Lipinski definition) is 2. The Hall–Kier alpha value is 0.0200. The van der Waals surface area contributed by atoms with Crippen molar-refractivity contribution in [3.8, 4) is 0 Å². The lowest BCUT2D eigenvalue weighted by molar-refractivity contribution is -0.868. The molecule has 3 nitrogen and oxygen atoms in total. The molecule has 4 heteroatoms. The van der Waals surface area contributed by atoms with Crippen LogP contribution in [-0.2, 0) is 4.57 Å². The molecule has 0 aromatic carbocycles. The standard InChI is InChI=1S/C5H14N.HO2P/c1-5-6(2,3)4;1-3-2/h5H2,1-4H3;(H,1,2)/q+1;/p-1. The second-order valence-corrected chi connectivity index (χ2v) is 2.83. The van der Waals surface area contributed by atoms with Gasteiger partial charge in [0.1, 0.15) is 0 Å². The summed E-state index contributed by atoms with van der Waals surface area (Å²) in [5.74, 6) is 0. The van der Waals surface area contributed by atoms with Gasteiger partial charge in [-0.25, -0.2) is 0 Å². The van der Waals surface area contributed by atoms with E-state index < -0.39 is 8.69 Å². The zero-order chi connectivity index (χ0) is 7.91. The van der Waals surface area contributed by atoms with Crippen LogP contribution in [0.15, 0.2) is 0 Å². The molecule has 0 atom stereocenters. The maximum absolute atomic E-state index is 8.35. The Morgan fingerprint density at radius 3 is 1.56 bits per heavy atom. The quantitative estimate of drug-likeness (QED) is 0.398. The van der Waals surface area contributed by atoms with Gasteiger partial charge in [0.05, 0.1) is 36.4 Å². The van der Waals surface area contributed by atoms with Gasteiger partial charge in [-0.2, -0.15) is 0 Å². The molecule has 0 saturated carbocycles. The lowest BCUT2D eigenvalue weighted by atomic mass is 10.6. The maximum atomic E-state index is 8.35. The van der Waals surface area contributed by atoms with Crippen molar-refractivity contribution in [3.05, 3.63) is 0 Å². The molecule has 0 aliphatic heterocycles. The van der Waals surface area contributed by atoms with Crippen LogP contribution in [0.5, 0.6) is 0 Å². The van der Waals surface area contributed by atoms with E-state index in [-0.39, 0.29) is 0 Å². The maximum Gasteiger partial charge on any atom is 0.0751 e. The summed E-state index contributed by atoms with van der Waals surface area (Å²) in [6, 6.07) is 0. The Morgan fingerprint density at radius 2 is 1.56 bits per heavy atom. The molecule has 0 N–H and O–H groups in total. The second-order valence-electron chi connectivity index (χ2n) is 2.68. The molecule has 0 saturated heterocycles. The molecule has 0 aromatic heterocycles. The fraction of sp³-hybridized carbons (Fsp3) is 1.00. The van der Waals surface area contributed by atoms with Crippen molar-refractivity contribution < 1.29 is 13.9 Å². The predicted octanol–water partition coefficient (Wildman–Crippen LogP) is 0.266. The fourth-order valence-corrected chi connectivity index (χ4v) is 0. The molecule has 0 spiro atoms. The number of quaternary nitrogens is 1. The third-order valence-electron chi connectivity index (χ3n) is 0.949. The molecular formula is C5H14NO2P. The molecule has 0 unspecified atom stereocenters. The van der Waals surface area contributed by atoms with Gasteiger partial charge in [-0.3, -0.25) is 4.57 Å². The van der Waals surface area contributed by atoms with E-state index in [0.29, 0.717) is 0 Å². The van der Waals surface area contributed by atoms with Crippen LogP contribution < -0.4 is 4.89 Å². The second kappa shape index (κ2) is 6.14. The van der Waals surface area contributed by atoms with Crippen molar-refractivity contribution in [1.82, 2.24) is 0 Å². The monoisotopic (exact) mass is 151 g/mol. The van der Waals surface area contributed by atoms with Gasteiger partial charge in [0, 0.05) is 0 Å². The third kappa shape index (κ3) is 31.9. The van der Waals surface area contributed by atoms with Crippen LogP contribution in [0, 0.1) is 0 Å². The average molecular weight is 151 g/mol. The Morgan fingerprint density at radius 1 is 1.44 bits per heavy atom. The highest BCUT2D eigenvalue weighted by molar-refractivity contribution is 7.14. The first-order chi connectivity index (χ1) is 3.97. The first-order valence-electron chi connectivity index (χ1n) is 2.73. The van der Waals surface area contributed by atoms with Gasteiger partial charge in [-0.15, -0.1) is 0 Å². The minimum Gasteiger partial charge on any atom is -0.772 e. The van der Waals surface area contributed by atoms with Crippen LogP contribution in [0.2, 0.25) is 0 Å². The van der Waals surface area contributed by atoms with E-state index in [1.807, 2.05) is 0 Å². The minimum absolute atomic E-state index is 1.07. The van der Waals surface area contributed by atoms with Crippen molar-refractivity contribution >= 4 is 8.69 Å². The first kappa shape index (κ1) is 11.8. The average Bonchev–Trinajstić information content (AvgIpc) is 1.67. The summed E-state index contributed by atoms with van der Waals surface area (Å²) >= 11 is 0. The predicted molar refractivity (Wildman–Crippen MR) is 36.2 cm³/mol. The number of nitrogens with zero attached hydrogens (tertiary/aromatic N) is 1. The molecule has 0 aliphatic rings.